The molecule has 3 rings (SSSR count). The molecule has 1 aliphatic rings. The standard InChI is InChI=1S/C21H24N2O3S2/c1-2-15-27-20-12-5-4-11-19(20)22-21(24)17-9-8-10-18(16-17)28(25,26)23-13-6-3-7-14-23/h2,4-5,8-12,16H,1,3,6-7,13-15H2,(H,22,24). The summed E-state index contributed by atoms with van der Waals surface area (Å²) in [5.74, 6) is 0.401. The summed E-state index contributed by atoms with van der Waals surface area (Å²) in [6.07, 6.45) is 4.60. The molecule has 0 unspecified atom stereocenters. The fraction of sp³-hybridized carbons (Fsp3) is 0.286. The second kappa shape index (κ2) is 9.41. The van der Waals surface area contributed by atoms with Gasteiger partial charge in [0.25, 0.3) is 5.91 Å². The lowest BCUT2D eigenvalue weighted by molar-refractivity contribution is 0.102. The summed E-state index contributed by atoms with van der Waals surface area (Å²) in [4.78, 5) is 13.8. The number of sulfonamides is 1. The number of amides is 1. The van der Waals surface area contributed by atoms with Gasteiger partial charge in [0, 0.05) is 29.3 Å². The lowest BCUT2D eigenvalue weighted by Crippen LogP contribution is -2.35. The molecule has 0 aromatic heterocycles. The first-order valence-electron chi connectivity index (χ1n) is 9.26. The summed E-state index contributed by atoms with van der Waals surface area (Å²) in [5, 5.41) is 2.89. The first-order chi connectivity index (χ1) is 13.5. The van der Waals surface area contributed by atoms with E-state index < -0.39 is 10.0 Å². The van der Waals surface area contributed by atoms with Crippen LogP contribution in [0.5, 0.6) is 0 Å². The van der Waals surface area contributed by atoms with Crippen LogP contribution in [0.15, 0.2) is 71.0 Å². The maximum atomic E-state index is 12.9. The fourth-order valence-corrected chi connectivity index (χ4v) is 5.40. The van der Waals surface area contributed by atoms with E-state index in [1.165, 1.54) is 10.4 Å². The Bertz CT molecular complexity index is 952. The number of carbonyl (C=O) groups excluding carboxylic acids is 1. The molecule has 1 fully saturated rings. The van der Waals surface area contributed by atoms with Crippen molar-refractivity contribution >= 4 is 33.4 Å². The lowest BCUT2D eigenvalue weighted by Gasteiger charge is -2.26. The van der Waals surface area contributed by atoms with E-state index in [1.807, 2.05) is 24.3 Å². The third-order valence-electron chi connectivity index (χ3n) is 4.54. The van der Waals surface area contributed by atoms with E-state index in [0.717, 1.165) is 29.9 Å². The Morgan fingerprint density at radius 1 is 1.11 bits per heavy atom. The SMILES string of the molecule is C=CCSc1ccccc1NC(=O)c1cccc(S(=O)(=O)N2CCCCC2)c1. The lowest BCUT2D eigenvalue weighted by atomic mass is 10.2. The van der Waals surface area contributed by atoms with Gasteiger partial charge >= 0.3 is 0 Å². The van der Waals surface area contributed by atoms with Gasteiger partial charge in [-0.3, -0.25) is 4.79 Å². The van der Waals surface area contributed by atoms with Gasteiger partial charge in [0.05, 0.1) is 10.6 Å². The molecule has 0 atom stereocenters. The van der Waals surface area contributed by atoms with Crippen molar-refractivity contribution in [2.45, 2.75) is 29.1 Å². The molecule has 5 nitrogen and oxygen atoms in total. The van der Waals surface area contributed by atoms with Crippen LogP contribution in [-0.2, 0) is 10.0 Å². The van der Waals surface area contributed by atoms with Crippen LogP contribution in [0.2, 0.25) is 0 Å². The van der Waals surface area contributed by atoms with Crippen LogP contribution >= 0.6 is 11.8 Å². The normalized spacial score (nSPS) is 15.1. The van der Waals surface area contributed by atoms with Gasteiger partial charge in [-0.05, 0) is 43.2 Å². The van der Waals surface area contributed by atoms with Crippen LogP contribution in [0.1, 0.15) is 29.6 Å². The zero-order valence-corrected chi connectivity index (χ0v) is 17.3. The minimum absolute atomic E-state index is 0.163. The van der Waals surface area contributed by atoms with Gasteiger partial charge in [-0.2, -0.15) is 4.31 Å². The van der Waals surface area contributed by atoms with Crippen LogP contribution in [0, 0.1) is 0 Å². The second-order valence-corrected chi connectivity index (χ2v) is 9.54. The summed E-state index contributed by atoms with van der Waals surface area (Å²) in [6.45, 7) is 4.78. The van der Waals surface area contributed by atoms with Gasteiger partial charge in [-0.1, -0.05) is 30.7 Å². The van der Waals surface area contributed by atoms with Gasteiger partial charge in [-0.25, -0.2) is 8.42 Å². The molecule has 1 amide bonds. The van der Waals surface area contributed by atoms with E-state index in [1.54, 1.807) is 36.0 Å². The van der Waals surface area contributed by atoms with Crippen molar-refractivity contribution in [1.29, 1.82) is 0 Å². The number of rotatable bonds is 7. The quantitative estimate of drug-likeness (QED) is 0.537. The number of para-hydroxylation sites is 1. The summed E-state index contributed by atoms with van der Waals surface area (Å²) in [5.41, 5.74) is 1.02. The Labute approximate surface area is 170 Å². The monoisotopic (exact) mass is 416 g/mol. The smallest absolute Gasteiger partial charge is 0.255 e. The fourth-order valence-electron chi connectivity index (χ4n) is 3.09. The Kier molecular flexibility index (Phi) is 6.93. The molecule has 1 N–H and O–H groups in total. The number of benzene rings is 2. The van der Waals surface area contributed by atoms with Crippen molar-refractivity contribution in [2.24, 2.45) is 0 Å². The molecule has 0 radical (unpaired) electrons. The largest absolute Gasteiger partial charge is 0.321 e. The van der Waals surface area contributed by atoms with Crippen molar-refractivity contribution in [3.05, 3.63) is 66.7 Å². The molecule has 1 heterocycles. The van der Waals surface area contributed by atoms with Crippen molar-refractivity contribution in [2.75, 3.05) is 24.2 Å². The van der Waals surface area contributed by atoms with Crippen molar-refractivity contribution in [1.82, 2.24) is 4.31 Å². The van der Waals surface area contributed by atoms with E-state index >= 15 is 0 Å². The maximum Gasteiger partial charge on any atom is 0.255 e. The van der Waals surface area contributed by atoms with Gasteiger partial charge in [0.15, 0.2) is 0 Å². The molecule has 1 aliphatic heterocycles. The summed E-state index contributed by atoms with van der Waals surface area (Å²) in [7, 11) is -3.57. The first-order valence-corrected chi connectivity index (χ1v) is 11.7. The minimum Gasteiger partial charge on any atom is -0.321 e. The first kappa shape index (κ1) is 20.6. The highest BCUT2D eigenvalue weighted by atomic mass is 32.2. The molecule has 148 valence electrons. The van der Waals surface area contributed by atoms with Gasteiger partial charge in [0.1, 0.15) is 0 Å². The molecule has 7 heteroatoms. The summed E-state index contributed by atoms with van der Waals surface area (Å²) < 4.78 is 27.3. The van der Waals surface area contributed by atoms with Gasteiger partial charge in [-0.15, -0.1) is 18.3 Å². The number of nitrogens with zero attached hydrogens (tertiary/aromatic N) is 1. The highest BCUT2D eigenvalue weighted by Gasteiger charge is 2.26. The van der Waals surface area contributed by atoms with Crippen LogP contribution in [0.4, 0.5) is 5.69 Å². The molecular weight excluding hydrogens is 392 g/mol. The second-order valence-electron chi connectivity index (χ2n) is 6.54. The van der Waals surface area contributed by atoms with E-state index in [4.69, 9.17) is 0 Å². The molecule has 2 aromatic rings. The third-order valence-corrected chi connectivity index (χ3v) is 7.50. The van der Waals surface area contributed by atoms with E-state index in [9.17, 15) is 13.2 Å². The maximum absolute atomic E-state index is 12.9. The van der Waals surface area contributed by atoms with Crippen LogP contribution in [0.25, 0.3) is 0 Å². The number of piperidine rings is 1. The molecule has 0 spiro atoms. The van der Waals surface area contributed by atoms with Crippen molar-refractivity contribution in [3.63, 3.8) is 0 Å². The van der Waals surface area contributed by atoms with E-state index in [-0.39, 0.29) is 10.8 Å². The number of carbonyl (C=O) groups is 1. The van der Waals surface area contributed by atoms with Gasteiger partial charge in [0.2, 0.25) is 10.0 Å². The Balaban J connectivity index is 1.80. The Morgan fingerprint density at radius 2 is 1.86 bits per heavy atom. The highest BCUT2D eigenvalue weighted by molar-refractivity contribution is 7.99. The minimum atomic E-state index is -3.57. The topological polar surface area (TPSA) is 66.5 Å². The number of anilines is 1. The summed E-state index contributed by atoms with van der Waals surface area (Å²) >= 11 is 1.58. The van der Waals surface area contributed by atoms with E-state index in [2.05, 4.69) is 11.9 Å². The number of nitrogens with one attached hydrogen (secondary N) is 1. The number of hydrogen-bond donors (Lipinski definition) is 1. The van der Waals surface area contributed by atoms with Crippen molar-refractivity contribution < 1.29 is 13.2 Å². The zero-order valence-electron chi connectivity index (χ0n) is 15.6. The molecule has 1 saturated heterocycles. The van der Waals surface area contributed by atoms with Crippen LogP contribution < -0.4 is 5.32 Å². The van der Waals surface area contributed by atoms with E-state index in [0.29, 0.717) is 24.3 Å². The van der Waals surface area contributed by atoms with Gasteiger partial charge < -0.3 is 5.32 Å². The predicted octanol–water partition coefficient (Wildman–Crippen LogP) is 4.39. The molecule has 0 saturated carbocycles. The van der Waals surface area contributed by atoms with Crippen LogP contribution in [0.3, 0.4) is 0 Å². The molecule has 2 aromatic carbocycles. The average molecular weight is 417 g/mol. The number of thioether (sulfide) groups is 1. The molecule has 28 heavy (non-hydrogen) atoms. The highest BCUT2D eigenvalue weighted by Crippen LogP contribution is 2.28. The Morgan fingerprint density at radius 3 is 2.61 bits per heavy atom. The zero-order chi connectivity index (χ0) is 20.0. The molecule has 0 bridgehead atoms. The molecular formula is C21H24N2O3S2. The van der Waals surface area contributed by atoms with Crippen molar-refractivity contribution in [3.8, 4) is 0 Å². The third kappa shape index (κ3) is 4.84. The number of hydrogen-bond acceptors (Lipinski definition) is 4. The molecule has 0 aliphatic carbocycles. The van der Waals surface area contributed by atoms with Crippen LogP contribution in [-0.4, -0.2) is 37.5 Å². The Hall–Kier alpha value is -2.09. The average Bonchev–Trinajstić information content (AvgIpc) is 2.74. The predicted molar refractivity (Wildman–Crippen MR) is 114 cm³/mol. The summed E-state index contributed by atoms with van der Waals surface area (Å²) in [6, 6.07) is 13.8.